The van der Waals surface area contributed by atoms with Gasteiger partial charge >= 0.3 is 0 Å². The number of aliphatic hydroxyl groups is 1. The lowest BCUT2D eigenvalue weighted by atomic mass is 10.2. The summed E-state index contributed by atoms with van der Waals surface area (Å²) in [6, 6.07) is 7.67. The average Bonchev–Trinajstić information content (AvgIpc) is 2.82. The Morgan fingerprint density at radius 3 is 2.52 bits per heavy atom. The van der Waals surface area contributed by atoms with E-state index in [-0.39, 0.29) is 6.61 Å². The smallest absolute Gasteiger partial charge is 0.138 e. The van der Waals surface area contributed by atoms with Crippen LogP contribution >= 0.6 is 0 Å². The van der Waals surface area contributed by atoms with E-state index in [1.54, 1.807) is 0 Å². The van der Waals surface area contributed by atoms with Crippen molar-refractivity contribution in [2.45, 2.75) is 26.5 Å². The molecule has 0 bridgehead atoms. The van der Waals surface area contributed by atoms with Crippen molar-refractivity contribution in [1.82, 2.24) is 10.1 Å². The largest absolute Gasteiger partial charge is 0.491 e. The van der Waals surface area contributed by atoms with Crippen molar-refractivity contribution in [3.05, 3.63) is 41.3 Å². The van der Waals surface area contributed by atoms with Crippen LogP contribution in [0.3, 0.4) is 0 Å². The zero-order valence-electron chi connectivity index (χ0n) is 14.2. The summed E-state index contributed by atoms with van der Waals surface area (Å²) in [5.74, 6) is 1.58. The normalized spacial score (nSPS) is 12.4. The molecule has 1 aromatic carbocycles. The zero-order valence-corrected chi connectivity index (χ0v) is 14.2. The van der Waals surface area contributed by atoms with E-state index in [2.05, 4.69) is 10.5 Å². The fourth-order valence-electron chi connectivity index (χ4n) is 2.28. The molecule has 0 amide bonds. The summed E-state index contributed by atoms with van der Waals surface area (Å²) < 4.78 is 10.7. The predicted molar refractivity (Wildman–Crippen MR) is 89.8 cm³/mol. The maximum Gasteiger partial charge on any atom is 0.138 e. The third-order valence-corrected chi connectivity index (χ3v) is 3.52. The molecule has 0 saturated heterocycles. The highest BCUT2D eigenvalue weighted by molar-refractivity contribution is 5.47. The van der Waals surface area contributed by atoms with Gasteiger partial charge in [0.2, 0.25) is 0 Å². The van der Waals surface area contributed by atoms with Gasteiger partial charge in [-0.3, -0.25) is 0 Å². The van der Waals surface area contributed by atoms with Crippen LogP contribution in [0, 0.1) is 13.8 Å². The highest BCUT2D eigenvalue weighted by atomic mass is 16.5. The molecule has 0 saturated carbocycles. The van der Waals surface area contributed by atoms with Crippen LogP contribution in [0.5, 0.6) is 5.75 Å². The van der Waals surface area contributed by atoms with Crippen LogP contribution in [0.2, 0.25) is 0 Å². The van der Waals surface area contributed by atoms with Crippen molar-refractivity contribution >= 4 is 5.69 Å². The molecule has 6 heteroatoms. The van der Waals surface area contributed by atoms with Gasteiger partial charge in [0, 0.05) is 24.3 Å². The van der Waals surface area contributed by atoms with Crippen LogP contribution in [-0.2, 0) is 6.54 Å². The number of benzene rings is 1. The van der Waals surface area contributed by atoms with Gasteiger partial charge in [0.25, 0.3) is 0 Å². The molecule has 0 aliphatic heterocycles. The van der Waals surface area contributed by atoms with Crippen molar-refractivity contribution in [1.29, 1.82) is 0 Å². The van der Waals surface area contributed by atoms with Gasteiger partial charge in [-0.2, -0.15) is 0 Å². The highest BCUT2D eigenvalue weighted by Crippen LogP contribution is 2.18. The van der Waals surface area contributed by atoms with Crippen LogP contribution in [0.25, 0.3) is 0 Å². The van der Waals surface area contributed by atoms with Crippen molar-refractivity contribution in [2.75, 3.05) is 32.6 Å². The highest BCUT2D eigenvalue weighted by Gasteiger charge is 2.09. The van der Waals surface area contributed by atoms with E-state index in [1.165, 1.54) is 0 Å². The Kier molecular flexibility index (Phi) is 6.01. The first-order chi connectivity index (χ1) is 11.0. The summed E-state index contributed by atoms with van der Waals surface area (Å²) in [7, 11) is 3.84. The quantitative estimate of drug-likeness (QED) is 0.777. The van der Waals surface area contributed by atoms with Crippen LogP contribution in [0.4, 0.5) is 5.69 Å². The molecular formula is C17H25N3O3. The number of hydrogen-bond acceptors (Lipinski definition) is 6. The van der Waals surface area contributed by atoms with Crippen LogP contribution in [0.15, 0.2) is 28.8 Å². The lowest BCUT2D eigenvalue weighted by Crippen LogP contribution is -2.30. The van der Waals surface area contributed by atoms with E-state index < -0.39 is 6.10 Å². The van der Waals surface area contributed by atoms with Crippen LogP contribution in [0.1, 0.15) is 17.0 Å². The number of rotatable bonds is 8. The summed E-state index contributed by atoms with van der Waals surface area (Å²) in [4.78, 5) is 1.93. The maximum atomic E-state index is 9.78. The van der Waals surface area contributed by atoms with E-state index in [9.17, 15) is 5.11 Å². The Morgan fingerprint density at radius 2 is 1.96 bits per heavy atom. The number of ether oxygens (including phenoxy) is 1. The van der Waals surface area contributed by atoms with E-state index >= 15 is 0 Å². The van der Waals surface area contributed by atoms with Gasteiger partial charge in [-0.1, -0.05) is 5.16 Å². The molecule has 1 unspecified atom stereocenters. The van der Waals surface area contributed by atoms with Crippen LogP contribution < -0.4 is 10.1 Å². The summed E-state index contributed by atoms with van der Waals surface area (Å²) >= 11 is 0. The molecular weight excluding hydrogens is 294 g/mol. The lowest BCUT2D eigenvalue weighted by Gasteiger charge is -2.16. The van der Waals surface area contributed by atoms with E-state index in [0.717, 1.165) is 28.5 Å². The predicted octanol–water partition coefficient (Wildman–Crippen LogP) is 2.20. The minimum atomic E-state index is -0.498. The zero-order chi connectivity index (χ0) is 16.8. The first kappa shape index (κ1) is 17.3. The van der Waals surface area contributed by atoms with Gasteiger partial charge in [0.15, 0.2) is 0 Å². The lowest BCUT2D eigenvalue weighted by molar-refractivity contribution is 0.0831. The number of anilines is 1. The summed E-state index contributed by atoms with van der Waals surface area (Å²) in [6.07, 6.45) is -0.498. The molecule has 1 aromatic heterocycles. The van der Waals surface area contributed by atoms with Gasteiger partial charge in [0.05, 0.1) is 5.69 Å². The molecule has 0 fully saturated rings. The van der Waals surface area contributed by atoms with Crippen molar-refractivity contribution in [3.8, 4) is 5.75 Å². The van der Waals surface area contributed by atoms with Crippen molar-refractivity contribution < 1.29 is 14.4 Å². The molecule has 0 spiro atoms. The molecule has 2 rings (SSSR count). The third kappa shape index (κ3) is 5.26. The topological polar surface area (TPSA) is 70.8 Å². The second kappa shape index (κ2) is 7.99. The Bertz CT molecular complexity index is 589. The molecule has 0 aliphatic rings. The second-order valence-corrected chi connectivity index (χ2v) is 5.91. The molecule has 0 aliphatic carbocycles. The first-order valence-corrected chi connectivity index (χ1v) is 7.67. The summed E-state index contributed by atoms with van der Waals surface area (Å²) in [6.45, 7) is 5.38. The number of aryl methyl sites for hydroxylation is 2. The number of nitrogens with one attached hydrogen (secondary N) is 1. The van der Waals surface area contributed by atoms with E-state index in [4.69, 9.17) is 9.26 Å². The monoisotopic (exact) mass is 319 g/mol. The Hall–Kier alpha value is -2.05. The number of likely N-dealkylation sites (N-methyl/N-ethyl adjacent to an activating group) is 1. The van der Waals surface area contributed by atoms with Crippen molar-refractivity contribution in [3.63, 3.8) is 0 Å². The molecule has 0 radical (unpaired) electrons. The Balaban J connectivity index is 1.82. The molecule has 23 heavy (non-hydrogen) atoms. The third-order valence-electron chi connectivity index (χ3n) is 3.52. The van der Waals surface area contributed by atoms with Gasteiger partial charge in [-0.05, 0) is 52.2 Å². The second-order valence-electron chi connectivity index (χ2n) is 5.91. The Labute approximate surface area is 137 Å². The molecule has 126 valence electrons. The maximum absolute atomic E-state index is 9.78. The number of hydrogen-bond donors (Lipinski definition) is 2. The SMILES string of the molecule is Cc1noc(C)c1CNc1ccc(OCC(O)CN(C)C)cc1. The first-order valence-electron chi connectivity index (χ1n) is 7.67. The summed E-state index contributed by atoms with van der Waals surface area (Å²) in [5.41, 5.74) is 2.98. The number of nitrogens with zero attached hydrogens (tertiary/aromatic N) is 2. The number of aliphatic hydroxyl groups excluding tert-OH is 1. The fourth-order valence-corrected chi connectivity index (χ4v) is 2.28. The van der Waals surface area contributed by atoms with Gasteiger partial charge in [-0.25, -0.2) is 0 Å². The fraction of sp³-hybridized carbons (Fsp3) is 0.471. The van der Waals surface area contributed by atoms with Crippen molar-refractivity contribution in [2.24, 2.45) is 0 Å². The number of aromatic nitrogens is 1. The Morgan fingerprint density at radius 1 is 1.26 bits per heavy atom. The molecule has 6 nitrogen and oxygen atoms in total. The summed E-state index contributed by atoms with van der Waals surface area (Å²) in [5, 5.41) is 17.1. The average molecular weight is 319 g/mol. The van der Waals surface area contributed by atoms with E-state index in [1.807, 2.05) is 57.1 Å². The van der Waals surface area contributed by atoms with Gasteiger partial charge < -0.3 is 24.6 Å². The van der Waals surface area contributed by atoms with Gasteiger partial charge in [-0.15, -0.1) is 0 Å². The van der Waals surface area contributed by atoms with Gasteiger partial charge in [0.1, 0.15) is 24.2 Å². The molecule has 2 N–H and O–H groups in total. The molecule has 2 aromatic rings. The molecule has 1 heterocycles. The minimum Gasteiger partial charge on any atom is -0.491 e. The minimum absolute atomic E-state index is 0.282. The van der Waals surface area contributed by atoms with Crippen LogP contribution in [-0.4, -0.2) is 48.5 Å². The standard InChI is InChI=1S/C17H25N3O3/c1-12-17(13(2)23-19-12)9-18-14-5-7-16(8-6-14)22-11-15(21)10-20(3)4/h5-8,15,18,21H,9-11H2,1-4H3. The molecule has 1 atom stereocenters. The van der Waals surface area contributed by atoms with E-state index in [0.29, 0.717) is 13.1 Å².